The normalized spacial score (nSPS) is 19.9. The van der Waals surface area contributed by atoms with Crippen molar-refractivity contribution in [2.75, 3.05) is 4.90 Å². The van der Waals surface area contributed by atoms with Crippen LogP contribution in [0, 0.1) is 32.8 Å². The van der Waals surface area contributed by atoms with Gasteiger partial charge in [0.25, 0.3) is 5.69 Å². The fraction of sp³-hybridized carbons (Fsp3) is 0.320. The molecule has 170 valence electrons. The number of ketones is 1. The van der Waals surface area contributed by atoms with Crippen LogP contribution in [0.2, 0.25) is 0 Å². The number of nitro groups is 1. The predicted octanol–water partition coefficient (Wildman–Crippen LogP) is 4.71. The molecule has 1 aliphatic heterocycles. The largest absolute Gasteiger partial charge is 0.384 e. The molecule has 0 radical (unpaired) electrons. The molecule has 0 saturated heterocycles. The van der Waals surface area contributed by atoms with E-state index >= 15 is 0 Å². The minimum atomic E-state index is -0.690. The highest BCUT2D eigenvalue weighted by Crippen LogP contribution is 2.50. The summed E-state index contributed by atoms with van der Waals surface area (Å²) in [5.41, 5.74) is 10.3. The van der Waals surface area contributed by atoms with Crippen LogP contribution in [0.1, 0.15) is 59.6 Å². The van der Waals surface area contributed by atoms with Crippen LogP contribution in [0.5, 0.6) is 0 Å². The van der Waals surface area contributed by atoms with E-state index in [1.165, 1.54) is 28.3 Å². The molecule has 1 atom stereocenters. The lowest BCUT2D eigenvalue weighted by Crippen LogP contribution is -2.38. The zero-order valence-electron chi connectivity index (χ0n) is 18.3. The van der Waals surface area contributed by atoms with Crippen molar-refractivity contribution in [3.63, 3.8) is 0 Å². The Morgan fingerprint density at radius 3 is 2.47 bits per heavy atom. The third kappa shape index (κ3) is 3.28. The van der Waals surface area contributed by atoms with E-state index in [4.69, 9.17) is 5.73 Å². The van der Waals surface area contributed by atoms with Gasteiger partial charge in [0.2, 0.25) is 0 Å². The average Bonchev–Trinajstić information content (AvgIpc) is 3.21. The van der Waals surface area contributed by atoms with Gasteiger partial charge in [-0.1, -0.05) is 12.1 Å². The van der Waals surface area contributed by atoms with Gasteiger partial charge in [-0.3, -0.25) is 19.8 Å². The number of carbonyl (C=O) groups is 1. The number of thiophene rings is 1. The third-order valence-electron chi connectivity index (χ3n) is 6.82. The molecule has 9 heteroatoms. The van der Waals surface area contributed by atoms with Crippen LogP contribution in [0.25, 0.3) is 0 Å². The van der Waals surface area contributed by atoms with Gasteiger partial charge in [0.1, 0.15) is 16.9 Å². The number of aryl methyl sites for hydroxylation is 1. The first-order chi connectivity index (χ1) is 16.5. The number of benzene rings is 1. The van der Waals surface area contributed by atoms with E-state index in [0.29, 0.717) is 41.0 Å². The fourth-order valence-electron chi connectivity index (χ4n) is 5.26. The number of non-ortho nitro benzene ring substituents is 1. The van der Waals surface area contributed by atoms with Gasteiger partial charge in [-0.15, -0.1) is 11.3 Å². The summed E-state index contributed by atoms with van der Waals surface area (Å²) in [6.07, 6.45) is 5.46. The Hall–Kier alpha value is -3.95. The molecule has 0 amide bonds. The van der Waals surface area contributed by atoms with Crippen LogP contribution in [0.15, 0.2) is 46.9 Å². The van der Waals surface area contributed by atoms with Gasteiger partial charge >= 0.3 is 0 Å². The third-order valence-corrected chi connectivity index (χ3v) is 8.10. The van der Waals surface area contributed by atoms with Gasteiger partial charge in [-0.05, 0) is 49.7 Å². The van der Waals surface area contributed by atoms with E-state index < -0.39 is 10.8 Å². The number of hydrogen-bond acceptors (Lipinski definition) is 8. The van der Waals surface area contributed by atoms with Crippen molar-refractivity contribution in [3.8, 4) is 12.1 Å². The molecule has 3 aliphatic rings. The zero-order chi connectivity index (χ0) is 24.0. The van der Waals surface area contributed by atoms with Crippen molar-refractivity contribution in [2.24, 2.45) is 5.73 Å². The number of Topliss-reactive ketones (excluding diaryl/α,β-unsaturated/α-hetero) is 1. The number of nitro benzene ring substituents is 1. The number of hydrogen-bond donors (Lipinski definition) is 1. The summed E-state index contributed by atoms with van der Waals surface area (Å²) < 4.78 is 0. The highest BCUT2D eigenvalue weighted by Gasteiger charge is 2.42. The van der Waals surface area contributed by atoms with Crippen LogP contribution < -0.4 is 10.6 Å². The van der Waals surface area contributed by atoms with Gasteiger partial charge in [-0.2, -0.15) is 10.5 Å². The average molecular weight is 472 g/mol. The molecular weight excluding hydrogens is 450 g/mol. The molecular formula is C25H21N5O3S. The monoisotopic (exact) mass is 471 g/mol. The van der Waals surface area contributed by atoms with E-state index in [9.17, 15) is 25.4 Å². The Balaban J connectivity index is 1.73. The zero-order valence-corrected chi connectivity index (χ0v) is 19.2. The molecule has 5 rings (SSSR count). The first kappa shape index (κ1) is 21.9. The maximum absolute atomic E-state index is 13.3. The number of carbonyl (C=O) groups excluding carboxylic acids is 1. The highest BCUT2D eigenvalue weighted by atomic mass is 32.1. The molecule has 8 nitrogen and oxygen atoms in total. The first-order valence-corrected chi connectivity index (χ1v) is 12.0. The van der Waals surface area contributed by atoms with E-state index in [2.05, 4.69) is 12.1 Å². The SMILES string of the molecule is N#CC1=C(N)N(c2sc3c(c2C#N)CCCC3)C2=C(C(=O)CCC2)[C@H]1c1ccc([N+](=O)[O-])cc1. The molecule has 0 saturated carbocycles. The molecule has 2 N–H and O–H groups in total. The summed E-state index contributed by atoms with van der Waals surface area (Å²) in [4.78, 5) is 26.8. The Morgan fingerprint density at radius 2 is 1.79 bits per heavy atom. The lowest BCUT2D eigenvalue weighted by molar-refractivity contribution is -0.384. The molecule has 2 heterocycles. The molecule has 0 spiro atoms. The van der Waals surface area contributed by atoms with Gasteiger partial charge < -0.3 is 5.73 Å². The number of allylic oxidation sites excluding steroid dienone is 3. The van der Waals surface area contributed by atoms with Gasteiger partial charge in [-0.25, -0.2) is 0 Å². The van der Waals surface area contributed by atoms with Gasteiger partial charge in [0, 0.05) is 34.7 Å². The van der Waals surface area contributed by atoms with Crippen molar-refractivity contribution >= 4 is 27.8 Å². The molecule has 2 aliphatic carbocycles. The number of rotatable bonds is 3. The van der Waals surface area contributed by atoms with Crippen LogP contribution in [-0.4, -0.2) is 10.7 Å². The second-order valence-electron chi connectivity index (χ2n) is 8.67. The standard InChI is InChI=1S/C25H21N5O3S/c26-12-17-16-4-1-2-7-21(16)34-25(17)29-19-5-3-6-20(31)23(19)22(18(13-27)24(29)28)14-8-10-15(11-9-14)30(32)33/h8-11,22H,1-7,28H2/t22-/m0/s1. The van der Waals surface area contributed by atoms with Crippen LogP contribution in [-0.2, 0) is 17.6 Å². The maximum atomic E-state index is 13.3. The summed E-state index contributed by atoms with van der Waals surface area (Å²) in [6.45, 7) is 0. The van der Waals surface area contributed by atoms with Gasteiger partial charge in [0.05, 0.1) is 28.0 Å². The Kier molecular flexibility index (Phi) is 5.43. The molecule has 34 heavy (non-hydrogen) atoms. The fourth-order valence-corrected chi connectivity index (χ4v) is 6.64. The summed E-state index contributed by atoms with van der Waals surface area (Å²) in [6, 6.07) is 10.5. The van der Waals surface area contributed by atoms with Crippen LogP contribution in [0.3, 0.4) is 0 Å². The molecule has 0 bridgehead atoms. The van der Waals surface area contributed by atoms with E-state index in [0.717, 1.165) is 36.9 Å². The smallest absolute Gasteiger partial charge is 0.269 e. The van der Waals surface area contributed by atoms with Crippen molar-refractivity contribution < 1.29 is 9.72 Å². The Labute approximate surface area is 200 Å². The minimum Gasteiger partial charge on any atom is -0.384 e. The van der Waals surface area contributed by atoms with Crippen molar-refractivity contribution in [1.29, 1.82) is 10.5 Å². The number of nitrogens with zero attached hydrogens (tertiary/aromatic N) is 4. The minimum absolute atomic E-state index is 0.0605. The van der Waals surface area contributed by atoms with Crippen molar-refractivity contribution in [2.45, 2.75) is 50.9 Å². The molecule has 0 unspecified atom stereocenters. The maximum Gasteiger partial charge on any atom is 0.269 e. The summed E-state index contributed by atoms with van der Waals surface area (Å²) in [5, 5.41) is 32.0. The molecule has 1 aromatic carbocycles. The Morgan fingerprint density at radius 1 is 1.06 bits per heavy atom. The number of nitriles is 2. The van der Waals surface area contributed by atoms with E-state index in [1.54, 1.807) is 17.0 Å². The molecule has 2 aromatic rings. The van der Waals surface area contributed by atoms with E-state index in [1.807, 2.05) is 0 Å². The Bertz CT molecular complexity index is 1370. The van der Waals surface area contributed by atoms with Crippen LogP contribution >= 0.6 is 11.3 Å². The summed E-state index contributed by atoms with van der Waals surface area (Å²) >= 11 is 1.53. The quantitative estimate of drug-likeness (QED) is 0.505. The van der Waals surface area contributed by atoms with Crippen molar-refractivity contribution in [1.82, 2.24) is 0 Å². The second-order valence-corrected chi connectivity index (χ2v) is 9.75. The van der Waals surface area contributed by atoms with E-state index in [-0.39, 0.29) is 22.9 Å². The molecule has 0 fully saturated rings. The van der Waals surface area contributed by atoms with Crippen LogP contribution in [0.4, 0.5) is 10.7 Å². The van der Waals surface area contributed by atoms with Gasteiger partial charge in [0.15, 0.2) is 5.78 Å². The highest BCUT2D eigenvalue weighted by molar-refractivity contribution is 7.16. The lowest BCUT2D eigenvalue weighted by atomic mass is 9.75. The number of anilines is 1. The second kappa shape index (κ2) is 8.44. The molecule has 1 aromatic heterocycles. The number of fused-ring (bicyclic) bond motifs is 1. The summed E-state index contributed by atoms with van der Waals surface area (Å²) in [5.74, 6) is -0.533. The van der Waals surface area contributed by atoms with Crippen molar-refractivity contribution in [3.05, 3.63) is 78.6 Å². The number of nitrogens with two attached hydrogens (primary N) is 1. The summed E-state index contributed by atoms with van der Waals surface area (Å²) in [7, 11) is 0. The topological polar surface area (TPSA) is 137 Å². The lowest BCUT2D eigenvalue weighted by Gasteiger charge is -2.39. The first-order valence-electron chi connectivity index (χ1n) is 11.2. The predicted molar refractivity (Wildman–Crippen MR) is 127 cm³/mol.